The molecule has 0 unspecified atom stereocenters. The summed E-state index contributed by atoms with van der Waals surface area (Å²) in [6.45, 7) is 2.43. The molecule has 0 aliphatic carbocycles. The Hall–Kier alpha value is -2.74. The number of fused-ring (bicyclic) bond motifs is 1. The molecule has 3 aromatic carbocycles. The molecular weight excluding hydrogens is 446 g/mol. The van der Waals surface area contributed by atoms with Crippen LogP contribution in [-0.2, 0) is 14.8 Å². The van der Waals surface area contributed by atoms with E-state index in [1.807, 2.05) is 49.4 Å². The molecule has 4 rings (SSSR count). The number of nitrogens with one attached hydrogen (secondary N) is 1. The Kier molecular flexibility index (Phi) is 6.60. The quantitative estimate of drug-likeness (QED) is 0.443. The lowest BCUT2D eigenvalue weighted by atomic mass is 9.98. The van der Waals surface area contributed by atoms with Gasteiger partial charge in [-0.1, -0.05) is 48.0 Å². The van der Waals surface area contributed by atoms with Crippen LogP contribution < -0.4 is 5.43 Å². The zero-order valence-corrected chi connectivity index (χ0v) is 19.2. The Morgan fingerprint density at radius 3 is 2.34 bits per heavy atom. The van der Waals surface area contributed by atoms with E-state index in [2.05, 4.69) is 10.5 Å². The number of hydrazone groups is 1. The fourth-order valence-electron chi connectivity index (χ4n) is 3.82. The molecule has 32 heavy (non-hydrogen) atoms. The first-order valence-corrected chi connectivity index (χ1v) is 12.3. The van der Waals surface area contributed by atoms with Gasteiger partial charge in [-0.3, -0.25) is 4.79 Å². The monoisotopic (exact) mass is 469 g/mol. The normalized spacial score (nSPS) is 16.2. The second-order valence-electron chi connectivity index (χ2n) is 7.87. The van der Waals surface area contributed by atoms with E-state index in [9.17, 15) is 13.2 Å². The van der Waals surface area contributed by atoms with Crippen molar-refractivity contribution in [2.24, 2.45) is 11.0 Å². The van der Waals surface area contributed by atoms with Crippen LogP contribution in [0.4, 0.5) is 0 Å². The highest BCUT2D eigenvalue weighted by molar-refractivity contribution is 7.89. The summed E-state index contributed by atoms with van der Waals surface area (Å²) in [5.41, 5.74) is 4.31. The van der Waals surface area contributed by atoms with Crippen LogP contribution in [0.2, 0.25) is 5.02 Å². The number of halogens is 1. The van der Waals surface area contributed by atoms with Gasteiger partial charge in [-0.2, -0.15) is 9.41 Å². The van der Waals surface area contributed by atoms with E-state index < -0.39 is 10.0 Å². The Morgan fingerprint density at radius 1 is 1.00 bits per heavy atom. The minimum atomic E-state index is -3.59. The molecule has 8 heteroatoms. The molecule has 3 aromatic rings. The molecular formula is C24H24ClN3O3S. The summed E-state index contributed by atoms with van der Waals surface area (Å²) >= 11 is 5.85. The number of carbonyl (C=O) groups excluding carboxylic acids is 1. The van der Waals surface area contributed by atoms with Crippen LogP contribution in [0.5, 0.6) is 0 Å². The van der Waals surface area contributed by atoms with Gasteiger partial charge in [0.1, 0.15) is 0 Å². The maximum atomic E-state index is 12.8. The Balaban J connectivity index is 1.36. The fourth-order valence-corrected chi connectivity index (χ4v) is 5.42. The van der Waals surface area contributed by atoms with Gasteiger partial charge in [0.05, 0.1) is 10.6 Å². The predicted octanol–water partition coefficient (Wildman–Crippen LogP) is 4.43. The largest absolute Gasteiger partial charge is 0.273 e. The van der Waals surface area contributed by atoms with Crippen molar-refractivity contribution in [2.75, 3.05) is 13.1 Å². The lowest BCUT2D eigenvalue weighted by Crippen LogP contribution is -2.42. The summed E-state index contributed by atoms with van der Waals surface area (Å²) in [5.74, 6) is -0.464. The second-order valence-corrected chi connectivity index (χ2v) is 10.2. The number of rotatable bonds is 5. The average Bonchev–Trinajstić information content (AvgIpc) is 2.82. The molecule has 1 fully saturated rings. The highest BCUT2D eigenvalue weighted by atomic mass is 35.5. The van der Waals surface area contributed by atoms with Crippen molar-refractivity contribution >= 4 is 44.0 Å². The lowest BCUT2D eigenvalue weighted by Gasteiger charge is -2.30. The van der Waals surface area contributed by atoms with Crippen LogP contribution in [0.25, 0.3) is 10.8 Å². The van der Waals surface area contributed by atoms with Gasteiger partial charge in [0.25, 0.3) is 0 Å². The number of nitrogens with zero attached hydrogens (tertiary/aromatic N) is 2. The summed E-state index contributed by atoms with van der Waals surface area (Å²) in [4.78, 5) is 12.8. The third kappa shape index (κ3) is 4.85. The average molecular weight is 470 g/mol. The molecule has 166 valence electrons. The van der Waals surface area contributed by atoms with Gasteiger partial charge in [0.15, 0.2) is 0 Å². The fraction of sp³-hybridized carbons (Fsp3) is 0.250. The maximum absolute atomic E-state index is 12.8. The van der Waals surface area contributed by atoms with Crippen molar-refractivity contribution in [1.29, 1.82) is 0 Å². The molecule has 6 nitrogen and oxygen atoms in total. The van der Waals surface area contributed by atoms with Crippen LogP contribution in [0.1, 0.15) is 25.3 Å². The third-order valence-electron chi connectivity index (χ3n) is 5.78. The van der Waals surface area contributed by atoms with Crippen molar-refractivity contribution in [3.63, 3.8) is 0 Å². The summed E-state index contributed by atoms with van der Waals surface area (Å²) in [5, 5.41) is 7.02. The molecule has 1 N–H and O–H groups in total. The van der Waals surface area contributed by atoms with E-state index in [0.717, 1.165) is 16.3 Å². The third-order valence-corrected chi connectivity index (χ3v) is 7.94. The lowest BCUT2D eigenvalue weighted by molar-refractivity contribution is -0.126. The van der Waals surface area contributed by atoms with Crippen molar-refractivity contribution in [3.05, 3.63) is 77.3 Å². The van der Waals surface area contributed by atoms with Crippen LogP contribution in [0.15, 0.2) is 76.7 Å². The molecule has 0 spiro atoms. The number of carbonyl (C=O) groups is 1. The minimum absolute atomic E-state index is 0.186. The van der Waals surface area contributed by atoms with E-state index in [1.165, 1.54) is 16.4 Å². The van der Waals surface area contributed by atoms with Gasteiger partial charge < -0.3 is 0 Å². The number of benzene rings is 3. The van der Waals surface area contributed by atoms with Gasteiger partial charge in [0.2, 0.25) is 15.9 Å². The number of sulfonamides is 1. The molecule has 1 amide bonds. The highest BCUT2D eigenvalue weighted by Crippen LogP contribution is 2.25. The van der Waals surface area contributed by atoms with E-state index in [4.69, 9.17) is 11.6 Å². The van der Waals surface area contributed by atoms with Gasteiger partial charge in [-0.25, -0.2) is 13.8 Å². The minimum Gasteiger partial charge on any atom is -0.273 e. The molecule has 1 heterocycles. The zero-order chi connectivity index (χ0) is 22.7. The topological polar surface area (TPSA) is 78.8 Å². The first kappa shape index (κ1) is 22.5. The van der Waals surface area contributed by atoms with E-state index in [1.54, 1.807) is 12.1 Å². The summed E-state index contributed by atoms with van der Waals surface area (Å²) in [6.07, 6.45) is 0.895. The van der Waals surface area contributed by atoms with Gasteiger partial charge in [-0.05, 0) is 66.4 Å². The predicted molar refractivity (Wildman–Crippen MR) is 127 cm³/mol. The zero-order valence-electron chi connectivity index (χ0n) is 17.7. The summed E-state index contributed by atoms with van der Waals surface area (Å²) < 4.78 is 27.0. The molecule has 0 atom stereocenters. The van der Waals surface area contributed by atoms with Gasteiger partial charge >= 0.3 is 0 Å². The summed E-state index contributed by atoms with van der Waals surface area (Å²) in [7, 11) is -3.59. The second kappa shape index (κ2) is 9.40. The standard InChI is InChI=1S/C24H24ClN3O3S/c1-17(20-7-6-18-4-2-3-5-21(18)16-20)26-27-24(29)19-12-14-28(15-13-19)32(30,31)23-10-8-22(25)9-11-23/h2-11,16,19H,12-15H2,1H3,(H,27,29). The van der Waals surface area contributed by atoms with E-state index in [-0.39, 0.29) is 29.8 Å². The van der Waals surface area contributed by atoms with Gasteiger partial charge in [0, 0.05) is 24.0 Å². The van der Waals surface area contributed by atoms with Crippen molar-refractivity contribution in [2.45, 2.75) is 24.7 Å². The van der Waals surface area contributed by atoms with Crippen molar-refractivity contribution in [3.8, 4) is 0 Å². The van der Waals surface area contributed by atoms with Crippen LogP contribution in [-0.4, -0.2) is 37.4 Å². The van der Waals surface area contributed by atoms with Gasteiger partial charge in [-0.15, -0.1) is 0 Å². The van der Waals surface area contributed by atoms with Crippen molar-refractivity contribution in [1.82, 2.24) is 9.73 Å². The van der Waals surface area contributed by atoms with E-state index in [0.29, 0.717) is 23.6 Å². The SMILES string of the molecule is CC(=NNC(=O)C1CCN(S(=O)(=O)c2ccc(Cl)cc2)CC1)c1ccc2ccccc2c1. The van der Waals surface area contributed by atoms with Crippen LogP contribution in [0, 0.1) is 5.92 Å². The molecule has 0 bridgehead atoms. The van der Waals surface area contributed by atoms with E-state index >= 15 is 0 Å². The van der Waals surface area contributed by atoms with Crippen LogP contribution >= 0.6 is 11.6 Å². The van der Waals surface area contributed by atoms with Crippen LogP contribution in [0.3, 0.4) is 0 Å². The molecule has 1 saturated heterocycles. The highest BCUT2D eigenvalue weighted by Gasteiger charge is 2.32. The number of piperidine rings is 1. The number of hydrogen-bond acceptors (Lipinski definition) is 4. The molecule has 0 aromatic heterocycles. The molecule has 0 radical (unpaired) electrons. The van der Waals surface area contributed by atoms with Crippen molar-refractivity contribution < 1.29 is 13.2 Å². The number of amides is 1. The molecule has 0 saturated carbocycles. The Labute approximate surface area is 192 Å². The maximum Gasteiger partial charge on any atom is 0.243 e. The smallest absolute Gasteiger partial charge is 0.243 e. The molecule has 1 aliphatic rings. The first-order chi connectivity index (χ1) is 15.3. The Morgan fingerprint density at radius 2 is 1.66 bits per heavy atom. The first-order valence-electron chi connectivity index (χ1n) is 10.4. The summed E-state index contributed by atoms with van der Waals surface area (Å²) in [6, 6.07) is 20.2. The number of hydrogen-bond donors (Lipinski definition) is 1. The molecule has 1 aliphatic heterocycles. The Bertz CT molecular complexity index is 1270.